The number of aliphatic hydroxyl groups excluding tert-OH is 1. The van der Waals surface area contributed by atoms with Gasteiger partial charge in [0.25, 0.3) is 17.4 Å². The van der Waals surface area contributed by atoms with E-state index in [0.717, 1.165) is 19.2 Å². The largest absolute Gasteiger partial charge is 0.396 e. The van der Waals surface area contributed by atoms with Gasteiger partial charge in [0.2, 0.25) is 0 Å². The molecule has 0 radical (unpaired) electrons. The molecule has 10 heteroatoms. The number of carbonyl (C=O) groups is 1. The van der Waals surface area contributed by atoms with Crippen molar-refractivity contribution in [2.24, 2.45) is 7.05 Å². The summed E-state index contributed by atoms with van der Waals surface area (Å²) in [4.78, 5) is 35.4. The highest BCUT2D eigenvalue weighted by Gasteiger charge is 2.27. The van der Waals surface area contributed by atoms with Crippen LogP contribution in [0.25, 0.3) is 11.1 Å². The van der Waals surface area contributed by atoms with Crippen LogP contribution >= 0.6 is 0 Å². The van der Waals surface area contributed by atoms with Gasteiger partial charge in [0, 0.05) is 62.8 Å². The minimum absolute atomic E-state index is 0.0389. The molecular formula is C25H29F2N5O3. The molecule has 0 fully saturated rings. The van der Waals surface area contributed by atoms with Crippen molar-refractivity contribution in [2.45, 2.75) is 33.1 Å². The molecule has 0 saturated heterocycles. The van der Waals surface area contributed by atoms with Crippen molar-refractivity contribution in [3.05, 3.63) is 70.0 Å². The first kappa shape index (κ1) is 26.0. The highest BCUT2D eigenvalue weighted by Crippen LogP contribution is 2.28. The first-order valence-electron chi connectivity index (χ1n) is 11.2. The predicted octanol–water partition coefficient (Wildman–Crippen LogP) is 3.72. The van der Waals surface area contributed by atoms with E-state index in [4.69, 9.17) is 0 Å². The maximum atomic E-state index is 13.6. The van der Waals surface area contributed by atoms with Crippen LogP contribution in [0, 0.1) is 6.92 Å². The molecule has 2 N–H and O–H groups in total. The summed E-state index contributed by atoms with van der Waals surface area (Å²) in [5, 5.41) is 11.9. The minimum Gasteiger partial charge on any atom is -0.396 e. The molecule has 0 aliphatic rings. The van der Waals surface area contributed by atoms with Gasteiger partial charge in [0.15, 0.2) is 0 Å². The lowest BCUT2D eigenvalue weighted by atomic mass is 10.0. The molecule has 3 aromatic rings. The van der Waals surface area contributed by atoms with E-state index >= 15 is 0 Å². The molecule has 0 atom stereocenters. The van der Waals surface area contributed by atoms with Gasteiger partial charge >= 0.3 is 0 Å². The van der Waals surface area contributed by atoms with Gasteiger partial charge in [-0.1, -0.05) is 0 Å². The number of hydrogen-bond acceptors (Lipinski definition) is 6. The Labute approximate surface area is 202 Å². The molecule has 8 nitrogen and oxygen atoms in total. The summed E-state index contributed by atoms with van der Waals surface area (Å²) >= 11 is 0. The Morgan fingerprint density at radius 1 is 1.23 bits per heavy atom. The summed E-state index contributed by atoms with van der Waals surface area (Å²) < 4.78 is 28.8. The fourth-order valence-electron chi connectivity index (χ4n) is 3.68. The number of aromatic nitrogens is 3. The molecule has 0 aliphatic carbocycles. The maximum absolute atomic E-state index is 13.6. The average Bonchev–Trinajstić information content (AvgIpc) is 2.82. The van der Waals surface area contributed by atoms with Crippen molar-refractivity contribution in [1.29, 1.82) is 0 Å². The highest BCUT2D eigenvalue weighted by atomic mass is 19.3. The van der Waals surface area contributed by atoms with E-state index in [1.165, 1.54) is 18.3 Å². The van der Waals surface area contributed by atoms with Crippen molar-refractivity contribution >= 4 is 17.4 Å². The topological polar surface area (TPSA) is 100 Å². The molecule has 35 heavy (non-hydrogen) atoms. The monoisotopic (exact) mass is 485 g/mol. The van der Waals surface area contributed by atoms with E-state index in [-0.39, 0.29) is 17.7 Å². The second-order valence-electron chi connectivity index (χ2n) is 8.29. The first-order chi connectivity index (χ1) is 16.5. The van der Waals surface area contributed by atoms with Gasteiger partial charge < -0.3 is 15.3 Å². The second-order valence-corrected chi connectivity index (χ2v) is 8.29. The number of rotatable bonds is 9. The maximum Gasteiger partial charge on any atom is 0.286 e. The zero-order valence-corrected chi connectivity index (χ0v) is 20.2. The number of halogens is 2. The van der Waals surface area contributed by atoms with Crippen molar-refractivity contribution in [1.82, 2.24) is 14.5 Å². The summed E-state index contributed by atoms with van der Waals surface area (Å²) in [5.41, 5.74) is 1.61. The van der Waals surface area contributed by atoms with Crippen LogP contribution in [0.2, 0.25) is 0 Å². The van der Waals surface area contributed by atoms with Crippen LogP contribution in [-0.4, -0.2) is 45.2 Å². The van der Waals surface area contributed by atoms with Crippen LogP contribution in [0.1, 0.15) is 42.0 Å². The van der Waals surface area contributed by atoms with Crippen molar-refractivity contribution in [3.63, 3.8) is 0 Å². The van der Waals surface area contributed by atoms with Gasteiger partial charge in [0.1, 0.15) is 11.5 Å². The van der Waals surface area contributed by atoms with Crippen LogP contribution in [0.3, 0.4) is 0 Å². The zero-order valence-electron chi connectivity index (χ0n) is 20.2. The standard InChI is InChI=1S/C25H29F2N5O3/c1-5-32(9-6-10-33)22-12-18(13-23(34)31(22)4)20-14-19(15-29-16(20)2)30-24(35)17-7-8-28-21(11-17)25(3,26)27/h7-8,11-15,33H,5-6,9-10H2,1-4H3,(H,30,35). The molecule has 0 bridgehead atoms. The number of nitrogens with zero attached hydrogens (tertiary/aromatic N) is 4. The Morgan fingerprint density at radius 3 is 2.63 bits per heavy atom. The summed E-state index contributed by atoms with van der Waals surface area (Å²) in [6.07, 6.45) is 3.20. The van der Waals surface area contributed by atoms with Crippen LogP contribution in [0.4, 0.5) is 20.3 Å². The summed E-state index contributed by atoms with van der Waals surface area (Å²) in [6, 6.07) is 7.47. The number of amides is 1. The second kappa shape index (κ2) is 10.7. The van der Waals surface area contributed by atoms with Gasteiger partial charge in [0.05, 0.1) is 11.9 Å². The van der Waals surface area contributed by atoms with Gasteiger partial charge in [-0.15, -0.1) is 0 Å². The molecule has 0 saturated carbocycles. The van der Waals surface area contributed by atoms with Crippen molar-refractivity contribution < 1.29 is 18.7 Å². The van der Waals surface area contributed by atoms with E-state index in [1.807, 2.05) is 17.9 Å². The Kier molecular flexibility index (Phi) is 7.96. The van der Waals surface area contributed by atoms with Gasteiger partial charge in [-0.3, -0.25) is 24.1 Å². The number of aliphatic hydroxyl groups is 1. The SMILES string of the molecule is CCN(CCCO)c1cc(-c2cc(NC(=O)c3ccnc(C(C)(F)F)c3)cnc2C)cc(=O)n1C. The molecule has 3 aromatic heterocycles. The number of alkyl halides is 2. The zero-order chi connectivity index (χ0) is 25.8. The van der Waals surface area contributed by atoms with Gasteiger partial charge in [-0.2, -0.15) is 8.78 Å². The van der Waals surface area contributed by atoms with Crippen LogP contribution < -0.4 is 15.8 Å². The van der Waals surface area contributed by atoms with E-state index in [2.05, 4.69) is 15.3 Å². The number of pyridine rings is 3. The number of hydrogen-bond donors (Lipinski definition) is 2. The smallest absolute Gasteiger partial charge is 0.286 e. The normalized spacial score (nSPS) is 11.4. The van der Waals surface area contributed by atoms with Gasteiger partial charge in [-0.25, -0.2) is 0 Å². The molecule has 0 unspecified atom stereocenters. The molecule has 186 valence electrons. The Morgan fingerprint density at radius 2 is 1.97 bits per heavy atom. The number of anilines is 2. The third kappa shape index (κ3) is 6.07. The van der Waals surface area contributed by atoms with E-state index in [9.17, 15) is 23.5 Å². The molecule has 0 aromatic carbocycles. The lowest BCUT2D eigenvalue weighted by Crippen LogP contribution is -2.31. The Balaban J connectivity index is 1.96. The third-order valence-corrected chi connectivity index (χ3v) is 5.66. The van der Waals surface area contributed by atoms with Crippen LogP contribution in [0.15, 0.2) is 47.5 Å². The first-order valence-corrected chi connectivity index (χ1v) is 11.2. The molecule has 1 amide bonds. The van der Waals surface area contributed by atoms with Crippen LogP contribution in [-0.2, 0) is 13.0 Å². The van der Waals surface area contributed by atoms with E-state index in [1.54, 1.807) is 24.6 Å². The number of nitrogens with one attached hydrogen (secondary N) is 1. The van der Waals surface area contributed by atoms with Crippen molar-refractivity contribution in [2.75, 3.05) is 29.9 Å². The minimum atomic E-state index is -3.17. The lowest BCUT2D eigenvalue weighted by molar-refractivity contribution is 0.0127. The lowest BCUT2D eigenvalue weighted by Gasteiger charge is -2.25. The number of carbonyl (C=O) groups excluding carboxylic acids is 1. The molecule has 0 aliphatic heterocycles. The average molecular weight is 486 g/mol. The highest BCUT2D eigenvalue weighted by molar-refractivity contribution is 6.04. The van der Waals surface area contributed by atoms with E-state index < -0.39 is 17.5 Å². The van der Waals surface area contributed by atoms with Crippen molar-refractivity contribution in [3.8, 4) is 11.1 Å². The fourth-order valence-corrected chi connectivity index (χ4v) is 3.68. The molecule has 0 spiro atoms. The quantitative estimate of drug-likeness (QED) is 0.479. The number of aryl methyl sites for hydroxylation is 1. The summed E-state index contributed by atoms with van der Waals surface area (Å²) in [6.45, 7) is 5.76. The molecular weight excluding hydrogens is 456 g/mol. The Bertz CT molecular complexity index is 1270. The fraction of sp³-hybridized carbons (Fsp3) is 0.360. The third-order valence-electron chi connectivity index (χ3n) is 5.66. The summed E-state index contributed by atoms with van der Waals surface area (Å²) in [5.74, 6) is -3.06. The van der Waals surface area contributed by atoms with Gasteiger partial charge in [-0.05, 0) is 50.1 Å². The summed E-state index contributed by atoms with van der Waals surface area (Å²) in [7, 11) is 1.69. The van der Waals surface area contributed by atoms with E-state index in [0.29, 0.717) is 47.8 Å². The molecule has 3 heterocycles. The van der Waals surface area contributed by atoms with Crippen LogP contribution in [0.5, 0.6) is 0 Å². The predicted molar refractivity (Wildman–Crippen MR) is 131 cm³/mol. The molecule has 3 rings (SSSR count). The Hall–Kier alpha value is -3.66.